The smallest absolute Gasteiger partial charge is 0.253 e. The van der Waals surface area contributed by atoms with Gasteiger partial charge in [-0.3, -0.25) is 4.79 Å². The van der Waals surface area contributed by atoms with E-state index in [2.05, 4.69) is 24.4 Å². The number of carbonyl (C=O) groups excluding carboxylic acids is 1. The van der Waals surface area contributed by atoms with Gasteiger partial charge >= 0.3 is 0 Å². The van der Waals surface area contributed by atoms with Gasteiger partial charge in [-0.15, -0.1) is 0 Å². The highest BCUT2D eigenvalue weighted by atomic mass is 16.2. The molecule has 0 aromatic heterocycles. The van der Waals surface area contributed by atoms with Gasteiger partial charge in [0.15, 0.2) is 0 Å². The van der Waals surface area contributed by atoms with Crippen molar-refractivity contribution in [3.63, 3.8) is 0 Å². The second kappa shape index (κ2) is 7.09. The number of rotatable bonds is 5. The summed E-state index contributed by atoms with van der Waals surface area (Å²) in [5.74, 6) is 0.0298. The van der Waals surface area contributed by atoms with Gasteiger partial charge in [0.2, 0.25) is 0 Å². The summed E-state index contributed by atoms with van der Waals surface area (Å²) in [6, 6.07) is 8.03. The first-order valence-corrected chi connectivity index (χ1v) is 7.28. The van der Waals surface area contributed by atoms with E-state index in [1.807, 2.05) is 37.5 Å². The van der Waals surface area contributed by atoms with Crippen molar-refractivity contribution in [2.45, 2.75) is 19.4 Å². The number of nitrogens with zero attached hydrogens (tertiary/aromatic N) is 1. The Morgan fingerprint density at radius 1 is 1.33 bits per heavy atom. The summed E-state index contributed by atoms with van der Waals surface area (Å²) in [4.78, 5) is 14.1. The molecular formula is C17H23N3O. The van der Waals surface area contributed by atoms with Crippen molar-refractivity contribution in [2.75, 3.05) is 20.1 Å². The third-order valence-electron chi connectivity index (χ3n) is 3.53. The zero-order valence-corrected chi connectivity index (χ0v) is 12.7. The maximum absolute atomic E-state index is 12.4. The molecule has 1 aliphatic heterocycles. The molecule has 112 valence electrons. The quantitative estimate of drug-likeness (QED) is 0.865. The van der Waals surface area contributed by atoms with Crippen molar-refractivity contribution in [2.24, 2.45) is 5.73 Å². The Balaban J connectivity index is 1.97. The summed E-state index contributed by atoms with van der Waals surface area (Å²) in [5, 5.41) is 3.24. The molecule has 0 bridgehead atoms. The third kappa shape index (κ3) is 4.20. The number of dihydropyridines is 1. The molecule has 1 atom stereocenters. The molecule has 21 heavy (non-hydrogen) atoms. The van der Waals surface area contributed by atoms with Crippen molar-refractivity contribution in [1.29, 1.82) is 0 Å². The predicted molar refractivity (Wildman–Crippen MR) is 86.0 cm³/mol. The molecule has 1 aromatic carbocycles. The van der Waals surface area contributed by atoms with Crippen LogP contribution in [0.3, 0.4) is 0 Å². The molecule has 1 unspecified atom stereocenters. The topological polar surface area (TPSA) is 58.4 Å². The number of amides is 1. The van der Waals surface area contributed by atoms with Crippen molar-refractivity contribution in [1.82, 2.24) is 10.2 Å². The maximum atomic E-state index is 12.4. The lowest BCUT2D eigenvalue weighted by molar-refractivity contribution is 0.0807. The van der Waals surface area contributed by atoms with Crippen molar-refractivity contribution < 1.29 is 4.79 Å². The van der Waals surface area contributed by atoms with E-state index in [-0.39, 0.29) is 5.91 Å². The van der Waals surface area contributed by atoms with Gasteiger partial charge in [0, 0.05) is 31.4 Å². The molecule has 4 nitrogen and oxygen atoms in total. The SMILES string of the molecule is CC1C=CC(CN(C)C(=O)c2ccc(CCN)cc2)=CN1. The summed E-state index contributed by atoms with van der Waals surface area (Å²) in [7, 11) is 1.82. The summed E-state index contributed by atoms with van der Waals surface area (Å²) in [6.07, 6.45) is 6.97. The first kappa shape index (κ1) is 15.3. The van der Waals surface area contributed by atoms with E-state index in [1.165, 1.54) is 0 Å². The van der Waals surface area contributed by atoms with Gasteiger partial charge in [-0.25, -0.2) is 0 Å². The van der Waals surface area contributed by atoms with Gasteiger partial charge < -0.3 is 16.0 Å². The minimum Gasteiger partial charge on any atom is -0.385 e. The van der Waals surface area contributed by atoms with E-state index in [4.69, 9.17) is 5.73 Å². The molecule has 0 saturated carbocycles. The molecule has 0 aliphatic carbocycles. The standard InChI is InChI=1S/C17H23N3O/c1-13-3-4-15(11-19-13)12-20(2)17(21)16-7-5-14(6-8-16)9-10-18/h3-8,11,13,19H,9-10,12,18H2,1-2H3. The Kier molecular flexibility index (Phi) is 5.17. The zero-order valence-electron chi connectivity index (χ0n) is 12.7. The molecule has 1 amide bonds. The molecule has 2 rings (SSSR count). The number of benzene rings is 1. The summed E-state index contributed by atoms with van der Waals surface area (Å²) in [5.41, 5.74) is 8.50. The fourth-order valence-electron chi connectivity index (χ4n) is 2.26. The number of hydrogen-bond acceptors (Lipinski definition) is 3. The highest BCUT2D eigenvalue weighted by Crippen LogP contribution is 2.10. The Morgan fingerprint density at radius 2 is 2.05 bits per heavy atom. The molecule has 0 fully saturated rings. The fourth-order valence-corrected chi connectivity index (χ4v) is 2.26. The fraction of sp³-hybridized carbons (Fsp3) is 0.353. The molecule has 1 heterocycles. The van der Waals surface area contributed by atoms with Crippen LogP contribution in [0.15, 0.2) is 48.2 Å². The van der Waals surface area contributed by atoms with Gasteiger partial charge in [-0.05, 0) is 43.2 Å². The normalized spacial score (nSPS) is 17.1. The van der Waals surface area contributed by atoms with E-state index < -0.39 is 0 Å². The zero-order chi connectivity index (χ0) is 15.2. The number of likely N-dealkylation sites (N-methyl/N-ethyl adjacent to an activating group) is 1. The molecule has 3 N–H and O–H groups in total. The van der Waals surface area contributed by atoms with E-state index in [0.29, 0.717) is 24.7 Å². The first-order valence-electron chi connectivity index (χ1n) is 7.28. The van der Waals surface area contributed by atoms with Crippen LogP contribution in [-0.2, 0) is 6.42 Å². The second-order valence-corrected chi connectivity index (χ2v) is 5.43. The second-order valence-electron chi connectivity index (χ2n) is 5.43. The average molecular weight is 285 g/mol. The van der Waals surface area contributed by atoms with Crippen LogP contribution in [0.25, 0.3) is 0 Å². The van der Waals surface area contributed by atoms with Crippen LogP contribution in [0.4, 0.5) is 0 Å². The summed E-state index contributed by atoms with van der Waals surface area (Å²) < 4.78 is 0. The van der Waals surface area contributed by atoms with Gasteiger partial charge in [0.25, 0.3) is 5.91 Å². The first-order chi connectivity index (χ1) is 10.1. The van der Waals surface area contributed by atoms with Crippen molar-refractivity contribution >= 4 is 5.91 Å². The highest BCUT2D eigenvalue weighted by Gasteiger charge is 2.13. The van der Waals surface area contributed by atoms with Crippen LogP contribution < -0.4 is 11.1 Å². The van der Waals surface area contributed by atoms with Gasteiger partial charge in [-0.1, -0.05) is 24.3 Å². The van der Waals surface area contributed by atoms with E-state index in [0.717, 1.165) is 17.6 Å². The molecule has 0 spiro atoms. The Hall–Kier alpha value is -2.07. The average Bonchev–Trinajstić information content (AvgIpc) is 2.50. The lowest BCUT2D eigenvalue weighted by Gasteiger charge is -2.21. The minimum atomic E-state index is 0.0298. The molecule has 0 saturated heterocycles. The maximum Gasteiger partial charge on any atom is 0.253 e. The molecular weight excluding hydrogens is 262 g/mol. The minimum absolute atomic E-state index is 0.0298. The number of carbonyl (C=O) groups is 1. The Morgan fingerprint density at radius 3 is 2.62 bits per heavy atom. The number of nitrogens with two attached hydrogens (primary N) is 1. The molecule has 1 aliphatic rings. The van der Waals surface area contributed by atoms with Crippen molar-refractivity contribution in [3.05, 3.63) is 59.3 Å². The van der Waals surface area contributed by atoms with Gasteiger partial charge in [0.1, 0.15) is 0 Å². The molecule has 4 heteroatoms. The van der Waals surface area contributed by atoms with E-state index in [9.17, 15) is 4.79 Å². The van der Waals surface area contributed by atoms with Crippen LogP contribution >= 0.6 is 0 Å². The lowest BCUT2D eigenvalue weighted by Crippen LogP contribution is -2.30. The Labute approximate surface area is 126 Å². The monoisotopic (exact) mass is 285 g/mol. The third-order valence-corrected chi connectivity index (χ3v) is 3.53. The van der Waals surface area contributed by atoms with E-state index >= 15 is 0 Å². The number of nitrogens with one attached hydrogen (secondary N) is 1. The lowest BCUT2D eigenvalue weighted by atomic mass is 10.1. The van der Waals surface area contributed by atoms with Gasteiger partial charge in [0.05, 0.1) is 0 Å². The Bertz CT molecular complexity index is 546. The highest BCUT2D eigenvalue weighted by molar-refractivity contribution is 5.94. The summed E-state index contributed by atoms with van der Waals surface area (Å²) >= 11 is 0. The van der Waals surface area contributed by atoms with Crippen LogP contribution in [0.1, 0.15) is 22.8 Å². The van der Waals surface area contributed by atoms with E-state index in [1.54, 1.807) is 4.90 Å². The molecule has 1 aromatic rings. The van der Waals surface area contributed by atoms with Crippen LogP contribution in [0.5, 0.6) is 0 Å². The van der Waals surface area contributed by atoms with Crippen LogP contribution in [-0.4, -0.2) is 37.0 Å². The van der Waals surface area contributed by atoms with Crippen molar-refractivity contribution in [3.8, 4) is 0 Å². The number of hydrogen-bond donors (Lipinski definition) is 2. The van der Waals surface area contributed by atoms with Gasteiger partial charge in [-0.2, -0.15) is 0 Å². The largest absolute Gasteiger partial charge is 0.385 e. The van der Waals surface area contributed by atoms with Crippen LogP contribution in [0.2, 0.25) is 0 Å². The summed E-state index contributed by atoms with van der Waals surface area (Å²) in [6.45, 7) is 3.31. The van der Waals surface area contributed by atoms with Crippen LogP contribution in [0, 0.1) is 0 Å². The predicted octanol–water partition coefficient (Wildman–Crippen LogP) is 1.69. The molecule has 0 radical (unpaired) electrons.